The highest BCUT2D eigenvalue weighted by Crippen LogP contribution is 2.38. The molecular weight excluding hydrogens is 267 g/mol. The molecule has 2 rings (SSSR count). The van der Waals surface area contributed by atoms with Gasteiger partial charge in [-0.15, -0.1) is 0 Å². The van der Waals surface area contributed by atoms with Crippen LogP contribution in [0.4, 0.5) is 24.5 Å². The molecule has 20 heavy (non-hydrogen) atoms. The summed E-state index contributed by atoms with van der Waals surface area (Å²) in [5.41, 5.74) is 5.23. The third-order valence-corrected chi connectivity index (χ3v) is 3.86. The first-order chi connectivity index (χ1) is 9.29. The third-order valence-electron chi connectivity index (χ3n) is 3.86. The molecule has 3 nitrogen and oxygen atoms in total. The van der Waals surface area contributed by atoms with Crippen LogP contribution in [0.1, 0.15) is 18.4 Å². The van der Waals surface area contributed by atoms with Crippen molar-refractivity contribution in [2.75, 3.05) is 37.8 Å². The average molecular weight is 287 g/mol. The molecule has 0 spiro atoms. The number of rotatable bonds is 2. The Morgan fingerprint density at radius 1 is 1.20 bits per heavy atom. The number of nitrogen functional groups attached to an aromatic ring is 1. The second-order valence-electron chi connectivity index (χ2n) is 5.46. The Bertz CT molecular complexity index is 463. The number of hydrogen-bond donors (Lipinski definition) is 1. The maximum atomic E-state index is 13.1. The summed E-state index contributed by atoms with van der Waals surface area (Å²) in [7, 11) is 4.01. The summed E-state index contributed by atoms with van der Waals surface area (Å²) in [4.78, 5) is 3.94. The van der Waals surface area contributed by atoms with Crippen LogP contribution in [0.3, 0.4) is 0 Å². The Balaban J connectivity index is 2.22. The van der Waals surface area contributed by atoms with Crippen LogP contribution in [0.2, 0.25) is 0 Å². The van der Waals surface area contributed by atoms with E-state index in [1.54, 1.807) is 0 Å². The Morgan fingerprint density at radius 3 is 2.30 bits per heavy atom. The van der Waals surface area contributed by atoms with Gasteiger partial charge in [-0.05, 0) is 45.1 Å². The predicted molar refractivity (Wildman–Crippen MR) is 74.8 cm³/mol. The van der Waals surface area contributed by atoms with Crippen LogP contribution in [0, 0.1) is 0 Å². The van der Waals surface area contributed by atoms with Gasteiger partial charge in [0.25, 0.3) is 0 Å². The summed E-state index contributed by atoms with van der Waals surface area (Å²) < 4.78 is 39.3. The van der Waals surface area contributed by atoms with E-state index < -0.39 is 11.7 Å². The maximum absolute atomic E-state index is 13.1. The van der Waals surface area contributed by atoms with Gasteiger partial charge in [0, 0.05) is 30.5 Å². The van der Waals surface area contributed by atoms with E-state index in [4.69, 9.17) is 5.73 Å². The number of halogens is 3. The predicted octanol–water partition coefficient (Wildman–Crippen LogP) is 2.82. The third kappa shape index (κ3) is 3.17. The van der Waals surface area contributed by atoms with Crippen LogP contribution in [0.15, 0.2) is 18.2 Å². The molecule has 1 aromatic carbocycles. The number of nitrogens with zero attached hydrogens (tertiary/aromatic N) is 2. The van der Waals surface area contributed by atoms with E-state index >= 15 is 0 Å². The van der Waals surface area contributed by atoms with E-state index in [-0.39, 0.29) is 11.4 Å². The van der Waals surface area contributed by atoms with Gasteiger partial charge in [0.15, 0.2) is 0 Å². The van der Waals surface area contributed by atoms with E-state index in [2.05, 4.69) is 4.90 Å². The van der Waals surface area contributed by atoms with Gasteiger partial charge in [0.05, 0.1) is 5.56 Å². The standard InChI is InChI=1S/C14H20F3N3/c1-19(2)11-5-7-20(8-6-11)13-4-3-10(18)9-12(13)14(15,16)17/h3-4,9,11H,5-8,18H2,1-2H3. The smallest absolute Gasteiger partial charge is 0.399 e. The van der Waals surface area contributed by atoms with Gasteiger partial charge < -0.3 is 15.5 Å². The number of anilines is 2. The van der Waals surface area contributed by atoms with Gasteiger partial charge >= 0.3 is 6.18 Å². The van der Waals surface area contributed by atoms with Gasteiger partial charge in [-0.2, -0.15) is 13.2 Å². The summed E-state index contributed by atoms with van der Waals surface area (Å²) in [6.07, 6.45) is -2.63. The lowest BCUT2D eigenvalue weighted by molar-refractivity contribution is -0.137. The van der Waals surface area contributed by atoms with Gasteiger partial charge in [-0.3, -0.25) is 0 Å². The van der Waals surface area contributed by atoms with Crippen molar-refractivity contribution in [1.82, 2.24) is 4.90 Å². The number of benzene rings is 1. The molecule has 1 aliphatic heterocycles. The topological polar surface area (TPSA) is 32.5 Å². The van der Waals surface area contributed by atoms with Crippen LogP contribution >= 0.6 is 0 Å². The SMILES string of the molecule is CN(C)C1CCN(c2ccc(N)cc2C(F)(F)F)CC1. The van der Waals surface area contributed by atoms with Crippen molar-refractivity contribution in [2.24, 2.45) is 0 Å². The molecule has 0 saturated carbocycles. The van der Waals surface area contributed by atoms with Gasteiger partial charge in [-0.1, -0.05) is 0 Å². The molecule has 0 amide bonds. The van der Waals surface area contributed by atoms with Crippen molar-refractivity contribution >= 4 is 11.4 Å². The Morgan fingerprint density at radius 2 is 1.80 bits per heavy atom. The van der Waals surface area contributed by atoms with Crippen molar-refractivity contribution < 1.29 is 13.2 Å². The molecule has 1 aliphatic rings. The maximum Gasteiger partial charge on any atom is 0.418 e. The Labute approximate surface area is 117 Å². The van der Waals surface area contributed by atoms with Crippen LogP contribution < -0.4 is 10.6 Å². The van der Waals surface area contributed by atoms with E-state index in [0.29, 0.717) is 19.1 Å². The highest BCUT2D eigenvalue weighted by molar-refractivity contribution is 5.61. The fourth-order valence-electron chi connectivity index (χ4n) is 2.68. The summed E-state index contributed by atoms with van der Waals surface area (Å²) >= 11 is 0. The second kappa shape index (κ2) is 5.52. The minimum atomic E-state index is -4.37. The highest BCUT2D eigenvalue weighted by Gasteiger charge is 2.35. The summed E-state index contributed by atoms with van der Waals surface area (Å²) in [6, 6.07) is 4.47. The fourth-order valence-corrected chi connectivity index (χ4v) is 2.68. The largest absolute Gasteiger partial charge is 0.418 e. The zero-order valence-corrected chi connectivity index (χ0v) is 11.7. The zero-order chi connectivity index (χ0) is 14.9. The molecule has 1 fully saturated rings. The molecule has 0 atom stereocenters. The molecule has 2 N–H and O–H groups in total. The lowest BCUT2D eigenvalue weighted by Crippen LogP contribution is -2.42. The molecule has 6 heteroatoms. The number of hydrogen-bond acceptors (Lipinski definition) is 3. The fraction of sp³-hybridized carbons (Fsp3) is 0.571. The lowest BCUT2D eigenvalue weighted by Gasteiger charge is -2.37. The summed E-state index contributed by atoms with van der Waals surface area (Å²) in [5.74, 6) is 0. The summed E-state index contributed by atoms with van der Waals surface area (Å²) in [6.45, 7) is 1.27. The minimum absolute atomic E-state index is 0.143. The molecule has 0 aromatic heterocycles. The normalized spacial score (nSPS) is 17.8. The summed E-state index contributed by atoms with van der Waals surface area (Å²) in [5, 5.41) is 0. The molecule has 0 bridgehead atoms. The molecule has 112 valence electrons. The molecule has 1 heterocycles. The van der Waals surface area contributed by atoms with Gasteiger partial charge in [-0.25, -0.2) is 0 Å². The number of alkyl halides is 3. The quantitative estimate of drug-likeness (QED) is 0.849. The van der Waals surface area contributed by atoms with Crippen molar-refractivity contribution in [3.8, 4) is 0 Å². The first-order valence-corrected chi connectivity index (χ1v) is 6.67. The van der Waals surface area contributed by atoms with E-state index in [9.17, 15) is 13.2 Å². The van der Waals surface area contributed by atoms with Crippen LogP contribution in [-0.2, 0) is 6.18 Å². The van der Waals surface area contributed by atoms with E-state index in [1.165, 1.54) is 12.1 Å². The first kappa shape index (κ1) is 15.0. The molecular formula is C14H20F3N3. The average Bonchev–Trinajstić information content (AvgIpc) is 2.38. The first-order valence-electron chi connectivity index (χ1n) is 6.67. The van der Waals surface area contributed by atoms with Crippen molar-refractivity contribution in [1.29, 1.82) is 0 Å². The van der Waals surface area contributed by atoms with Crippen molar-refractivity contribution in [3.63, 3.8) is 0 Å². The van der Waals surface area contributed by atoms with Gasteiger partial charge in [0.2, 0.25) is 0 Å². The highest BCUT2D eigenvalue weighted by atomic mass is 19.4. The van der Waals surface area contributed by atoms with Crippen LogP contribution in [0.5, 0.6) is 0 Å². The van der Waals surface area contributed by atoms with E-state index in [0.717, 1.165) is 18.9 Å². The molecule has 0 aliphatic carbocycles. The molecule has 1 saturated heterocycles. The van der Waals surface area contributed by atoms with E-state index in [1.807, 2.05) is 19.0 Å². The lowest BCUT2D eigenvalue weighted by atomic mass is 10.0. The van der Waals surface area contributed by atoms with Gasteiger partial charge in [0.1, 0.15) is 0 Å². The number of piperidine rings is 1. The monoisotopic (exact) mass is 287 g/mol. The van der Waals surface area contributed by atoms with Crippen molar-refractivity contribution in [2.45, 2.75) is 25.1 Å². The molecule has 0 unspecified atom stereocenters. The van der Waals surface area contributed by atoms with Crippen molar-refractivity contribution in [3.05, 3.63) is 23.8 Å². The Hall–Kier alpha value is -1.43. The van der Waals surface area contributed by atoms with Crippen LogP contribution in [0.25, 0.3) is 0 Å². The second-order valence-corrected chi connectivity index (χ2v) is 5.46. The molecule has 0 radical (unpaired) electrons. The number of nitrogens with two attached hydrogens (primary N) is 1. The molecule has 1 aromatic rings. The zero-order valence-electron chi connectivity index (χ0n) is 11.7. The van der Waals surface area contributed by atoms with Crippen LogP contribution in [-0.4, -0.2) is 38.1 Å². The minimum Gasteiger partial charge on any atom is -0.399 e. The Kier molecular flexibility index (Phi) is 4.13.